The Kier molecular flexibility index (Phi) is 8.82. The molecule has 1 aliphatic heterocycles. The van der Waals surface area contributed by atoms with Gasteiger partial charge >= 0.3 is 0 Å². The van der Waals surface area contributed by atoms with E-state index in [2.05, 4.69) is 33.1 Å². The number of unbranched alkanes of at least 4 members (excludes halogenated alkanes) is 1. The van der Waals surface area contributed by atoms with E-state index >= 15 is 0 Å². The van der Waals surface area contributed by atoms with Crippen LogP contribution in [0.3, 0.4) is 0 Å². The SMILES string of the molecule is O=C(NCCNc1ccc([N+](=O)[O-])cn1)C1=C[C@H](c2csc3ccccc23)C[C@H](OCCCCO)O1. The van der Waals surface area contributed by atoms with Crippen molar-refractivity contribution in [2.75, 3.05) is 31.6 Å². The van der Waals surface area contributed by atoms with Gasteiger partial charge in [0.15, 0.2) is 5.76 Å². The van der Waals surface area contributed by atoms with Crippen molar-refractivity contribution in [3.63, 3.8) is 0 Å². The Bertz CT molecular complexity index is 1210. The normalized spacial score (nSPS) is 17.3. The van der Waals surface area contributed by atoms with Crippen molar-refractivity contribution in [2.24, 2.45) is 0 Å². The van der Waals surface area contributed by atoms with Gasteiger partial charge in [0.25, 0.3) is 11.6 Å². The lowest BCUT2D eigenvalue weighted by molar-refractivity contribution is -0.385. The number of thiophene rings is 1. The number of aliphatic hydroxyl groups is 1. The van der Waals surface area contributed by atoms with Crippen LogP contribution in [0, 0.1) is 10.1 Å². The van der Waals surface area contributed by atoms with Crippen molar-refractivity contribution in [2.45, 2.75) is 31.5 Å². The number of rotatable bonds is 12. The molecule has 1 aliphatic rings. The summed E-state index contributed by atoms with van der Waals surface area (Å²) in [6, 6.07) is 11.1. The van der Waals surface area contributed by atoms with Gasteiger partial charge in [-0.2, -0.15) is 0 Å². The molecule has 3 aromatic rings. The van der Waals surface area contributed by atoms with Gasteiger partial charge in [0.1, 0.15) is 12.0 Å². The monoisotopic (exact) mass is 512 g/mol. The highest BCUT2D eigenvalue weighted by atomic mass is 32.1. The summed E-state index contributed by atoms with van der Waals surface area (Å²) in [7, 11) is 0. The maximum atomic E-state index is 12.9. The zero-order chi connectivity index (χ0) is 25.3. The molecule has 0 unspecified atom stereocenters. The molecule has 0 saturated carbocycles. The number of nitrogens with zero attached hydrogens (tertiary/aromatic N) is 2. The number of amides is 1. The summed E-state index contributed by atoms with van der Waals surface area (Å²) in [5, 5.41) is 28.9. The lowest BCUT2D eigenvalue weighted by atomic mass is 9.92. The number of carbonyl (C=O) groups is 1. The number of aliphatic hydroxyl groups excluding tert-OH is 1. The molecule has 1 amide bonds. The Morgan fingerprint density at radius 3 is 2.89 bits per heavy atom. The minimum Gasteiger partial charge on any atom is -0.459 e. The highest BCUT2D eigenvalue weighted by Gasteiger charge is 2.29. The molecule has 0 radical (unpaired) electrons. The number of pyridine rings is 1. The number of fused-ring (bicyclic) bond motifs is 1. The zero-order valence-electron chi connectivity index (χ0n) is 19.6. The number of allylic oxidation sites excluding steroid dienone is 1. The van der Waals surface area contributed by atoms with Crippen molar-refractivity contribution >= 4 is 38.8 Å². The van der Waals surface area contributed by atoms with Gasteiger partial charge in [-0.1, -0.05) is 18.2 Å². The molecule has 11 heteroatoms. The Labute approximate surface area is 212 Å². The Morgan fingerprint density at radius 1 is 1.25 bits per heavy atom. The number of aromatic nitrogens is 1. The van der Waals surface area contributed by atoms with E-state index in [4.69, 9.17) is 14.6 Å². The second kappa shape index (κ2) is 12.4. The molecule has 3 heterocycles. The summed E-state index contributed by atoms with van der Waals surface area (Å²) >= 11 is 1.67. The first-order chi connectivity index (χ1) is 17.5. The smallest absolute Gasteiger partial charge is 0.287 e. The van der Waals surface area contributed by atoms with E-state index in [0.717, 1.165) is 10.9 Å². The second-order valence-electron chi connectivity index (χ2n) is 8.25. The van der Waals surface area contributed by atoms with E-state index in [1.165, 1.54) is 23.0 Å². The number of nitro groups is 1. The number of ether oxygens (including phenoxy) is 2. The van der Waals surface area contributed by atoms with Gasteiger partial charge in [0.05, 0.1) is 11.5 Å². The van der Waals surface area contributed by atoms with E-state index in [0.29, 0.717) is 44.8 Å². The van der Waals surface area contributed by atoms with Gasteiger partial charge in [-0.05, 0) is 47.4 Å². The molecule has 0 bridgehead atoms. The van der Waals surface area contributed by atoms with E-state index in [1.54, 1.807) is 11.3 Å². The van der Waals surface area contributed by atoms with E-state index in [9.17, 15) is 14.9 Å². The van der Waals surface area contributed by atoms with Gasteiger partial charge in [-0.15, -0.1) is 11.3 Å². The molecule has 3 N–H and O–H groups in total. The molecular weight excluding hydrogens is 484 g/mol. The molecule has 0 saturated heterocycles. The van der Waals surface area contributed by atoms with Crippen LogP contribution in [-0.4, -0.2) is 53.5 Å². The average Bonchev–Trinajstić information content (AvgIpc) is 3.33. The Balaban J connectivity index is 1.38. The summed E-state index contributed by atoms with van der Waals surface area (Å²) in [5.74, 6) is 0.299. The van der Waals surface area contributed by atoms with Gasteiger partial charge in [-0.25, -0.2) is 4.98 Å². The number of hydrogen-bond donors (Lipinski definition) is 3. The van der Waals surface area contributed by atoms with Crippen LogP contribution in [0.1, 0.15) is 30.7 Å². The molecule has 2 atom stereocenters. The van der Waals surface area contributed by atoms with Crippen molar-refractivity contribution in [3.8, 4) is 0 Å². The van der Waals surface area contributed by atoms with Gasteiger partial charge in [0, 0.05) is 42.8 Å². The number of anilines is 1. The van der Waals surface area contributed by atoms with Crippen molar-refractivity contribution in [1.29, 1.82) is 0 Å². The molecule has 10 nitrogen and oxygen atoms in total. The molecule has 1 aromatic carbocycles. The zero-order valence-corrected chi connectivity index (χ0v) is 20.4. The van der Waals surface area contributed by atoms with Crippen molar-refractivity contribution in [1.82, 2.24) is 10.3 Å². The fraction of sp³-hybridized carbons (Fsp3) is 0.360. The lowest BCUT2D eigenvalue weighted by Gasteiger charge is -2.29. The predicted molar refractivity (Wildman–Crippen MR) is 137 cm³/mol. The summed E-state index contributed by atoms with van der Waals surface area (Å²) < 4.78 is 13.0. The largest absolute Gasteiger partial charge is 0.459 e. The molecular formula is C25H28N4O6S. The number of nitrogens with one attached hydrogen (secondary N) is 2. The maximum absolute atomic E-state index is 12.9. The maximum Gasteiger partial charge on any atom is 0.287 e. The fourth-order valence-corrected chi connectivity index (χ4v) is 4.93. The number of benzene rings is 1. The molecule has 190 valence electrons. The topological polar surface area (TPSA) is 136 Å². The fourth-order valence-electron chi connectivity index (χ4n) is 3.90. The van der Waals surface area contributed by atoms with Crippen LogP contribution in [0.4, 0.5) is 11.5 Å². The quantitative estimate of drug-likeness (QED) is 0.189. The Morgan fingerprint density at radius 2 is 2.11 bits per heavy atom. The van der Waals surface area contributed by atoms with Crippen LogP contribution in [0.2, 0.25) is 0 Å². The van der Waals surface area contributed by atoms with Crippen LogP contribution < -0.4 is 10.6 Å². The van der Waals surface area contributed by atoms with Crippen LogP contribution in [0.5, 0.6) is 0 Å². The summed E-state index contributed by atoms with van der Waals surface area (Å²) in [6.45, 7) is 1.22. The third-order valence-corrected chi connectivity index (χ3v) is 6.70. The Hall–Kier alpha value is -3.54. The third kappa shape index (κ3) is 6.56. The predicted octanol–water partition coefficient (Wildman–Crippen LogP) is 3.94. The van der Waals surface area contributed by atoms with Crippen molar-refractivity contribution < 1.29 is 24.3 Å². The van der Waals surface area contributed by atoms with Gasteiger partial charge < -0.3 is 25.2 Å². The summed E-state index contributed by atoms with van der Waals surface area (Å²) in [6.07, 6.45) is 4.39. The molecule has 0 fully saturated rings. The minimum atomic E-state index is -0.569. The molecule has 2 aromatic heterocycles. The average molecular weight is 513 g/mol. The summed E-state index contributed by atoms with van der Waals surface area (Å²) in [4.78, 5) is 27.1. The third-order valence-electron chi connectivity index (χ3n) is 5.72. The minimum absolute atomic E-state index is 0.0408. The van der Waals surface area contributed by atoms with E-state index < -0.39 is 11.2 Å². The highest BCUT2D eigenvalue weighted by Crippen LogP contribution is 2.38. The molecule has 4 rings (SSSR count). The van der Waals surface area contributed by atoms with Crippen LogP contribution in [-0.2, 0) is 14.3 Å². The second-order valence-corrected chi connectivity index (χ2v) is 9.16. The number of hydrogen-bond acceptors (Lipinski definition) is 9. The van der Waals surface area contributed by atoms with E-state index in [-0.39, 0.29) is 29.9 Å². The van der Waals surface area contributed by atoms with Crippen LogP contribution in [0.15, 0.2) is 59.8 Å². The van der Waals surface area contributed by atoms with Gasteiger partial charge in [0.2, 0.25) is 6.29 Å². The molecule has 0 aliphatic carbocycles. The standard InChI is InChI=1S/C25H28N4O6S/c30-11-3-4-12-34-24-14-17(20-16-36-22-6-2-1-5-19(20)22)13-21(35-24)25(31)27-10-9-26-23-8-7-18(15-28-23)29(32)33/h1-2,5-8,13,15-17,24,30H,3-4,9-12,14H2,(H,26,28)(H,27,31)/t17-,24+/m0/s1. The molecule has 0 spiro atoms. The van der Waals surface area contributed by atoms with E-state index in [1.807, 2.05) is 18.2 Å². The lowest BCUT2D eigenvalue weighted by Crippen LogP contribution is -2.35. The first-order valence-corrected chi connectivity index (χ1v) is 12.6. The summed E-state index contributed by atoms with van der Waals surface area (Å²) in [5.41, 5.74) is 1.05. The first kappa shape index (κ1) is 25.5. The highest BCUT2D eigenvalue weighted by molar-refractivity contribution is 7.17. The van der Waals surface area contributed by atoms with Gasteiger partial charge in [-0.3, -0.25) is 14.9 Å². The molecule has 36 heavy (non-hydrogen) atoms. The van der Waals surface area contributed by atoms with Crippen LogP contribution >= 0.6 is 11.3 Å². The number of carbonyl (C=O) groups excluding carboxylic acids is 1. The van der Waals surface area contributed by atoms with Crippen molar-refractivity contribution in [3.05, 3.63) is 75.5 Å². The first-order valence-electron chi connectivity index (χ1n) is 11.7. The van der Waals surface area contributed by atoms with Crippen LogP contribution in [0.25, 0.3) is 10.1 Å².